The zero-order valence-electron chi connectivity index (χ0n) is 15.8. The summed E-state index contributed by atoms with van der Waals surface area (Å²) in [5.74, 6) is 0.154. The summed E-state index contributed by atoms with van der Waals surface area (Å²) < 4.78 is 5.68. The van der Waals surface area contributed by atoms with Gasteiger partial charge in [-0.15, -0.1) is 11.3 Å². The normalized spacial score (nSPS) is 10.6. The van der Waals surface area contributed by atoms with Crippen LogP contribution in [-0.2, 0) is 24.4 Å². The molecular weight excluding hydrogens is 410 g/mol. The molecule has 0 aliphatic rings. The molecule has 0 spiro atoms. The topological polar surface area (TPSA) is 85.5 Å². The number of hydrogen-bond donors (Lipinski definition) is 1. The highest BCUT2D eigenvalue weighted by molar-refractivity contribution is 7.09. The second kappa shape index (κ2) is 9.54. The monoisotopic (exact) mass is 429 g/mol. The van der Waals surface area contributed by atoms with Crippen LogP contribution in [0.4, 0.5) is 0 Å². The standard InChI is InChI=1S/C21H20ClN3O3S/c1-25(11-14-3-2-4-15(9-14)21(23)27)20(26)10-17-13-29-19(24-17)12-28-18-7-5-16(22)6-8-18/h2-9,13H,10-12H2,1H3,(H2,23,27). The summed E-state index contributed by atoms with van der Waals surface area (Å²) in [6.07, 6.45) is 0.198. The molecule has 2 N–H and O–H groups in total. The minimum atomic E-state index is -0.489. The van der Waals surface area contributed by atoms with Gasteiger partial charge in [-0.3, -0.25) is 9.59 Å². The zero-order valence-corrected chi connectivity index (χ0v) is 17.4. The number of carbonyl (C=O) groups excluding carboxylic acids is 2. The maximum Gasteiger partial charge on any atom is 0.248 e. The van der Waals surface area contributed by atoms with Gasteiger partial charge < -0.3 is 15.4 Å². The van der Waals surface area contributed by atoms with Crippen LogP contribution in [0, 0.1) is 0 Å². The van der Waals surface area contributed by atoms with Crippen LogP contribution in [0.1, 0.15) is 26.6 Å². The van der Waals surface area contributed by atoms with Crippen LogP contribution in [0.2, 0.25) is 5.02 Å². The molecule has 150 valence electrons. The molecule has 0 atom stereocenters. The maximum atomic E-state index is 12.5. The molecule has 0 aliphatic carbocycles. The van der Waals surface area contributed by atoms with Gasteiger partial charge in [0.2, 0.25) is 11.8 Å². The third-order valence-electron chi connectivity index (χ3n) is 4.16. The van der Waals surface area contributed by atoms with Crippen molar-refractivity contribution < 1.29 is 14.3 Å². The van der Waals surface area contributed by atoms with Gasteiger partial charge in [-0.25, -0.2) is 4.98 Å². The molecule has 1 aromatic heterocycles. The van der Waals surface area contributed by atoms with Gasteiger partial charge in [-0.05, 0) is 42.0 Å². The molecule has 0 bridgehead atoms. The predicted octanol–water partition coefficient (Wildman–Crippen LogP) is 3.68. The Morgan fingerprint density at radius 1 is 1.21 bits per heavy atom. The Hall–Kier alpha value is -2.90. The number of amides is 2. The minimum Gasteiger partial charge on any atom is -0.486 e. The lowest BCUT2D eigenvalue weighted by molar-refractivity contribution is -0.129. The van der Waals surface area contributed by atoms with Crippen molar-refractivity contribution in [1.29, 1.82) is 0 Å². The number of halogens is 1. The highest BCUT2D eigenvalue weighted by Crippen LogP contribution is 2.18. The first-order valence-electron chi connectivity index (χ1n) is 8.85. The maximum absolute atomic E-state index is 12.5. The van der Waals surface area contributed by atoms with Gasteiger partial charge >= 0.3 is 0 Å². The number of thiazole rings is 1. The second-order valence-electron chi connectivity index (χ2n) is 6.47. The molecule has 0 saturated heterocycles. The fourth-order valence-electron chi connectivity index (χ4n) is 2.65. The lowest BCUT2D eigenvalue weighted by atomic mass is 10.1. The average molecular weight is 430 g/mol. The molecule has 0 saturated carbocycles. The molecule has 0 unspecified atom stereocenters. The van der Waals surface area contributed by atoms with Gasteiger partial charge in [-0.1, -0.05) is 23.7 Å². The Bertz CT molecular complexity index is 1000. The first kappa shape index (κ1) is 20.8. The SMILES string of the molecule is CN(Cc1cccc(C(N)=O)c1)C(=O)Cc1csc(COc2ccc(Cl)cc2)n1. The van der Waals surface area contributed by atoms with Crippen molar-refractivity contribution in [3.05, 3.63) is 80.8 Å². The van der Waals surface area contributed by atoms with E-state index in [1.54, 1.807) is 54.4 Å². The summed E-state index contributed by atoms with van der Waals surface area (Å²) in [4.78, 5) is 29.9. The predicted molar refractivity (Wildman–Crippen MR) is 113 cm³/mol. The van der Waals surface area contributed by atoms with E-state index >= 15 is 0 Å². The van der Waals surface area contributed by atoms with E-state index in [1.807, 2.05) is 11.4 Å². The summed E-state index contributed by atoms with van der Waals surface area (Å²) >= 11 is 7.31. The van der Waals surface area contributed by atoms with Crippen LogP contribution in [0.25, 0.3) is 0 Å². The van der Waals surface area contributed by atoms with Crippen molar-refractivity contribution in [3.63, 3.8) is 0 Å². The highest BCUT2D eigenvalue weighted by atomic mass is 35.5. The summed E-state index contributed by atoms with van der Waals surface area (Å²) in [5, 5.41) is 3.30. The fraction of sp³-hybridized carbons (Fsp3) is 0.190. The van der Waals surface area contributed by atoms with Gasteiger partial charge in [0, 0.05) is 29.6 Å². The van der Waals surface area contributed by atoms with Gasteiger partial charge in [0.15, 0.2) is 0 Å². The number of nitrogens with two attached hydrogens (primary N) is 1. The van der Waals surface area contributed by atoms with Crippen LogP contribution < -0.4 is 10.5 Å². The van der Waals surface area contributed by atoms with Gasteiger partial charge in [0.25, 0.3) is 0 Å². The zero-order chi connectivity index (χ0) is 20.8. The van der Waals surface area contributed by atoms with E-state index in [9.17, 15) is 9.59 Å². The number of likely N-dealkylation sites (N-methyl/N-ethyl adjacent to an activating group) is 1. The molecule has 3 rings (SSSR count). The summed E-state index contributed by atoms with van der Waals surface area (Å²) in [7, 11) is 1.72. The summed E-state index contributed by atoms with van der Waals surface area (Å²) in [6, 6.07) is 14.1. The van der Waals surface area contributed by atoms with E-state index in [1.165, 1.54) is 11.3 Å². The lowest BCUT2D eigenvalue weighted by Gasteiger charge is -2.17. The van der Waals surface area contributed by atoms with Gasteiger partial charge in [0.05, 0.1) is 12.1 Å². The molecule has 2 amide bonds. The molecule has 1 heterocycles. The molecule has 0 aliphatic heterocycles. The Balaban J connectivity index is 1.53. The number of ether oxygens (including phenoxy) is 1. The first-order chi connectivity index (χ1) is 13.9. The summed E-state index contributed by atoms with van der Waals surface area (Å²) in [5.41, 5.74) is 7.27. The van der Waals surface area contributed by atoms with E-state index in [0.29, 0.717) is 35.2 Å². The number of hydrogen-bond acceptors (Lipinski definition) is 5. The second-order valence-corrected chi connectivity index (χ2v) is 7.85. The molecule has 3 aromatic rings. The molecular formula is C21H20ClN3O3S. The first-order valence-corrected chi connectivity index (χ1v) is 10.1. The van der Waals surface area contributed by atoms with Crippen LogP contribution in [0.3, 0.4) is 0 Å². The average Bonchev–Trinajstić information content (AvgIpc) is 3.15. The summed E-state index contributed by atoms with van der Waals surface area (Å²) in [6.45, 7) is 0.715. The Morgan fingerprint density at radius 3 is 2.69 bits per heavy atom. The largest absolute Gasteiger partial charge is 0.486 e. The third-order valence-corrected chi connectivity index (χ3v) is 5.29. The van der Waals surface area contributed by atoms with E-state index in [2.05, 4.69) is 4.98 Å². The fourth-order valence-corrected chi connectivity index (χ4v) is 3.48. The van der Waals surface area contributed by atoms with E-state index in [0.717, 1.165) is 10.6 Å². The van der Waals surface area contributed by atoms with Gasteiger partial charge in [0.1, 0.15) is 17.4 Å². The van der Waals surface area contributed by atoms with Crippen molar-refractivity contribution in [2.45, 2.75) is 19.6 Å². The van der Waals surface area contributed by atoms with Crippen molar-refractivity contribution in [2.24, 2.45) is 5.73 Å². The van der Waals surface area contributed by atoms with Crippen molar-refractivity contribution in [1.82, 2.24) is 9.88 Å². The Kier molecular flexibility index (Phi) is 6.85. The molecule has 0 radical (unpaired) electrons. The molecule has 29 heavy (non-hydrogen) atoms. The van der Waals surface area contributed by atoms with E-state index in [4.69, 9.17) is 22.1 Å². The van der Waals surface area contributed by atoms with E-state index < -0.39 is 5.91 Å². The number of aromatic nitrogens is 1. The van der Waals surface area contributed by atoms with Crippen molar-refractivity contribution in [2.75, 3.05) is 7.05 Å². The van der Waals surface area contributed by atoms with Crippen LogP contribution >= 0.6 is 22.9 Å². The quantitative estimate of drug-likeness (QED) is 0.591. The number of benzene rings is 2. The lowest BCUT2D eigenvalue weighted by Crippen LogP contribution is -2.28. The third kappa shape index (κ3) is 6.04. The number of carbonyl (C=O) groups is 2. The molecule has 8 heteroatoms. The van der Waals surface area contributed by atoms with Gasteiger partial charge in [-0.2, -0.15) is 0 Å². The molecule has 6 nitrogen and oxygen atoms in total. The van der Waals surface area contributed by atoms with Crippen LogP contribution in [-0.4, -0.2) is 28.7 Å². The highest BCUT2D eigenvalue weighted by Gasteiger charge is 2.13. The number of nitrogens with zero attached hydrogens (tertiary/aromatic N) is 2. The number of primary amides is 1. The minimum absolute atomic E-state index is 0.0649. The molecule has 0 fully saturated rings. The van der Waals surface area contributed by atoms with E-state index in [-0.39, 0.29) is 12.3 Å². The van der Waals surface area contributed by atoms with Crippen LogP contribution in [0.15, 0.2) is 53.9 Å². The Morgan fingerprint density at radius 2 is 1.97 bits per heavy atom. The smallest absolute Gasteiger partial charge is 0.248 e. The van der Waals surface area contributed by atoms with Crippen LogP contribution in [0.5, 0.6) is 5.75 Å². The van der Waals surface area contributed by atoms with Crippen molar-refractivity contribution in [3.8, 4) is 5.75 Å². The molecule has 2 aromatic carbocycles. The number of rotatable bonds is 8. The van der Waals surface area contributed by atoms with Crippen molar-refractivity contribution >= 4 is 34.8 Å². The Labute approximate surface area is 177 Å².